The molecule has 1 saturated heterocycles. The quantitative estimate of drug-likeness (QED) is 0.282. The van der Waals surface area contributed by atoms with Gasteiger partial charge in [0.25, 0.3) is 0 Å². The monoisotopic (exact) mass is 685 g/mol. The van der Waals surface area contributed by atoms with Gasteiger partial charge in [-0.2, -0.15) is 0 Å². The molecule has 0 unspecified atom stereocenters. The first kappa shape index (κ1) is 32.4. The van der Waals surface area contributed by atoms with Gasteiger partial charge in [0.15, 0.2) is 0 Å². The molecule has 4 saturated carbocycles. The highest BCUT2D eigenvalue weighted by Gasteiger charge is 2.57. The van der Waals surface area contributed by atoms with Gasteiger partial charge in [-0.1, -0.05) is 78.9 Å². The van der Waals surface area contributed by atoms with Crippen molar-refractivity contribution in [3.05, 3.63) is 107 Å². The van der Waals surface area contributed by atoms with Crippen molar-refractivity contribution in [2.45, 2.75) is 75.9 Å². The Bertz CT molecular complexity index is 1770. The summed E-state index contributed by atoms with van der Waals surface area (Å²) in [6.45, 7) is 0.980. The predicted molar refractivity (Wildman–Crippen MR) is 191 cm³/mol. The molecule has 3 aromatic rings. The summed E-state index contributed by atoms with van der Waals surface area (Å²) in [5, 5.41) is 6.23. The number of amides is 3. The van der Waals surface area contributed by atoms with E-state index in [0.29, 0.717) is 25.9 Å². The first-order valence-electron chi connectivity index (χ1n) is 19.1. The molecule has 0 aromatic heterocycles. The molecule has 0 spiro atoms. The third-order valence-electron chi connectivity index (χ3n) is 13.3. The van der Waals surface area contributed by atoms with Gasteiger partial charge in [-0.25, -0.2) is 0 Å². The minimum absolute atomic E-state index is 0.0375. The number of esters is 1. The predicted octanol–water partition coefficient (Wildman–Crippen LogP) is 5.69. The second-order valence-electron chi connectivity index (χ2n) is 16.5. The van der Waals surface area contributed by atoms with Crippen LogP contribution in [-0.4, -0.2) is 54.3 Å². The molecule has 1 heterocycles. The largest absolute Gasteiger partial charge is 0.460 e. The maximum atomic E-state index is 15.0. The molecule has 8 heteroatoms. The molecule has 11 rings (SSSR count). The Kier molecular flexibility index (Phi) is 8.24. The number of rotatable bonds is 9. The molecule has 264 valence electrons. The molecule has 3 aromatic carbocycles. The van der Waals surface area contributed by atoms with Crippen LogP contribution in [0.3, 0.4) is 0 Å². The number of carbonyl (C=O) groups excluding carboxylic acids is 4. The maximum Gasteiger partial charge on any atom is 0.325 e. The molecule has 51 heavy (non-hydrogen) atoms. The normalized spacial score (nSPS) is 32.2. The standard InChI is InChI=1S/C43H47N3O5/c47-35(51-24-26-9-2-1-3-10-26)23-44-40(48)34-15-8-16-46(34)42(50)39-37-32-13-6-4-11-30(32)36(31-12-5-7-14-33(31)37)38(39)41(49)45-25-43-20-27-17-28(21-43)19-29(18-27)22-43/h1-7,9-14,27-29,34,36-39H,8,15-25H2,(H,44,48)(H,45,49)/t27?,28?,29?,34-,36?,37?,38+,39-,43?/m0/s1. The van der Waals surface area contributed by atoms with E-state index in [-0.39, 0.29) is 48.1 Å². The molecule has 8 nitrogen and oxygen atoms in total. The van der Waals surface area contributed by atoms with Crippen molar-refractivity contribution >= 4 is 23.7 Å². The lowest BCUT2D eigenvalue weighted by Crippen LogP contribution is -2.57. The van der Waals surface area contributed by atoms with Crippen LogP contribution in [0.5, 0.6) is 0 Å². The molecular formula is C43H47N3O5. The number of nitrogens with zero attached hydrogens (tertiary/aromatic N) is 1. The Labute approximate surface area is 299 Å². The van der Waals surface area contributed by atoms with Crippen LogP contribution in [0.15, 0.2) is 78.9 Å². The summed E-state index contributed by atoms with van der Waals surface area (Å²) < 4.78 is 5.37. The van der Waals surface area contributed by atoms with Crippen LogP contribution in [0.2, 0.25) is 0 Å². The highest BCUT2D eigenvalue weighted by molar-refractivity contribution is 5.95. The molecule has 1 aliphatic heterocycles. The van der Waals surface area contributed by atoms with Gasteiger partial charge in [-0.05, 0) is 102 Å². The SMILES string of the molecule is O=C(CNC(=O)[C@@H]1CCCN1C(=O)[C@H]1C2c3ccccc3C(c3ccccc32)[C@H]1C(=O)NCC12CC3CC(CC(C3)C1)C2)OCc1ccccc1. The summed E-state index contributed by atoms with van der Waals surface area (Å²) >= 11 is 0. The van der Waals surface area contributed by atoms with Crippen molar-refractivity contribution in [2.75, 3.05) is 19.6 Å². The van der Waals surface area contributed by atoms with Gasteiger partial charge < -0.3 is 20.3 Å². The van der Waals surface area contributed by atoms with E-state index in [1.807, 2.05) is 54.6 Å². The number of benzene rings is 3. The van der Waals surface area contributed by atoms with E-state index < -0.39 is 23.8 Å². The average Bonchev–Trinajstić information content (AvgIpc) is 3.65. The molecule has 0 radical (unpaired) electrons. The third kappa shape index (κ3) is 5.75. The second kappa shape index (κ2) is 12.9. The van der Waals surface area contributed by atoms with Crippen LogP contribution < -0.4 is 10.6 Å². The second-order valence-corrected chi connectivity index (χ2v) is 16.5. The molecule has 7 aliphatic carbocycles. The number of ether oxygens (including phenoxy) is 1. The Morgan fingerprint density at radius 1 is 0.686 bits per heavy atom. The van der Waals surface area contributed by atoms with Crippen molar-refractivity contribution < 1.29 is 23.9 Å². The lowest BCUT2D eigenvalue weighted by atomic mass is 9.49. The van der Waals surface area contributed by atoms with E-state index in [1.54, 1.807) is 4.90 Å². The summed E-state index contributed by atoms with van der Waals surface area (Å²) in [6, 6.07) is 25.3. The van der Waals surface area contributed by atoms with Crippen LogP contribution in [-0.2, 0) is 30.5 Å². The van der Waals surface area contributed by atoms with E-state index in [1.165, 1.54) is 38.5 Å². The van der Waals surface area contributed by atoms with Gasteiger partial charge in [0, 0.05) is 24.9 Å². The third-order valence-corrected chi connectivity index (χ3v) is 13.3. The van der Waals surface area contributed by atoms with Gasteiger partial charge in [0.1, 0.15) is 19.2 Å². The van der Waals surface area contributed by atoms with Gasteiger partial charge in [-0.15, -0.1) is 0 Å². The Balaban J connectivity index is 0.971. The van der Waals surface area contributed by atoms with Crippen LogP contribution >= 0.6 is 0 Å². The van der Waals surface area contributed by atoms with Crippen molar-refractivity contribution in [3.8, 4) is 0 Å². The van der Waals surface area contributed by atoms with E-state index in [2.05, 4.69) is 34.9 Å². The topological polar surface area (TPSA) is 105 Å². The van der Waals surface area contributed by atoms with Crippen LogP contribution in [0.4, 0.5) is 0 Å². The molecular weight excluding hydrogens is 638 g/mol. The summed E-state index contributed by atoms with van der Waals surface area (Å²) in [5.41, 5.74) is 5.51. The first-order valence-corrected chi connectivity index (χ1v) is 19.1. The number of hydrogen-bond acceptors (Lipinski definition) is 5. The average molecular weight is 686 g/mol. The van der Waals surface area contributed by atoms with Crippen LogP contribution in [0, 0.1) is 35.0 Å². The Morgan fingerprint density at radius 2 is 1.24 bits per heavy atom. The maximum absolute atomic E-state index is 15.0. The van der Waals surface area contributed by atoms with E-state index in [9.17, 15) is 14.4 Å². The number of likely N-dealkylation sites (tertiary alicyclic amines) is 1. The van der Waals surface area contributed by atoms with Crippen LogP contribution in [0.25, 0.3) is 0 Å². The van der Waals surface area contributed by atoms with Crippen molar-refractivity contribution in [2.24, 2.45) is 35.0 Å². The smallest absolute Gasteiger partial charge is 0.325 e. The first-order chi connectivity index (χ1) is 24.9. The van der Waals surface area contributed by atoms with Gasteiger partial charge >= 0.3 is 5.97 Å². The fraction of sp³-hybridized carbons (Fsp3) is 0.488. The van der Waals surface area contributed by atoms with Gasteiger partial charge in [-0.3, -0.25) is 19.2 Å². The zero-order valence-electron chi connectivity index (χ0n) is 29.1. The Morgan fingerprint density at radius 3 is 1.82 bits per heavy atom. The van der Waals surface area contributed by atoms with E-state index in [4.69, 9.17) is 4.74 Å². The van der Waals surface area contributed by atoms with Gasteiger partial charge in [0.2, 0.25) is 17.7 Å². The highest BCUT2D eigenvalue weighted by Crippen LogP contribution is 2.61. The van der Waals surface area contributed by atoms with Crippen molar-refractivity contribution in [3.63, 3.8) is 0 Å². The zero-order valence-corrected chi connectivity index (χ0v) is 29.1. The molecule has 8 aliphatic rings. The lowest BCUT2D eigenvalue weighted by Gasteiger charge is -2.57. The molecule has 3 atom stereocenters. The number of hydrogen-bond donors (Lipinski definition) is 2. The van der Waals surface area contributed by atoms with Gasteiger partial charge in [0.05, 0.1) is 11.8 Å². The molecule has 3 amide bonds. The lowest BCUT2D eigenvalue weighted by molar-refractivity contribution is -0.149. The van der Waals surface area contributed by atoms with E-state index >= 15 is 4.79 Å². The molecule has 2 N–H and O–H groups in total. The molecule has 6 bridgehead atoms. The van der Waals surface area contributed by atoms with E-state index in [0.717, 1.165) is 45.6 Å². The van der Waals surface area contributed by atoms with Crippen molar-refractivity contribution in [1.82, 2.24) is 15.5 Å². The summed E-state index contributed by atoms with van der Waals surface area (Å²) in [7, 11) is 0. The zero-order chi connectivity index (χ0) is 34.7. The summed E-state index contributed by atoms with van der Waals surface area (Å²) in [5.74, 6) is -0.470. The highest BCUT2D eigenvalue weighted by atomic mass is 16.5. The summed E-state index contributed by atoms with van der Waals surface area (Å²) in [4.78, 5) is 57.7. The minimum Gasteiger partial charge on any atom is -0.460 e. The number of nitrogens with one attached hydrogen (secondary N) is 2. The van der Waals surface area contributed by atoms with Crippen molar-refractivity contribution in [1.29, 1.82) is 0 Å². The summed E-state index contributed by atoms with van der Waals surface area (Å²) in [6.07, 6.45) is 8.85. The minimum atomic E-state index is -0.707. The fourth-order valence-corrected chi connectivity index (χ4v) is 11.7. The Hall–Kier alpha value is -4.46. The van der Waals surface area contributed by atoms with Crippen LogP contribution in [0.1, 0.15) is 91.0 Å². The number of carbonyl (C=O) groups is 4. The number of fused-ring (bicyclic) bond motifs is 1. The molecule has 5 fully saturated rings. The fourth-order valence-electron chi connectivity index (χ4n) is 11.7.